The minimum atomic E-state index is 0.409. The lowest BCUT2D eigenvalue weighted by Gasteiger charge is -2.03. The first-order chi connectivity index (χ1) is 8.66. The summed E-state index contributed by atoms with van der Waals surface area (Å²) in [4.78, 5) is 4.33. The Bertz CT molecular complexity index is 505. The van der Waals surface area contributed by atoms with Crippen LogP contribution in [0.5, 0.6) is 0 Å². The largest absolute Gasteiger partial charge is 0.438 e. The number of rotatable bonds is 6. The fourth-order valence-corrected chi connectivity index (χ4v) is 1.83. The molecular weight excluding hydrogens is 228 g/mol. The topological polar surface area (TPSA) is 61.3 Å². The van der Waals surface area contributed by atoms with Gasteiger partial charge in [0.25, 0.3) is 0 Å². The molecule has 0 fully saturated rings. The second kappa shape index (κ2) is 5.87. The van der Waals surface area contributed by atoms with E-state index in [0.717, 1.165) is 30.0 Å². The van der Waals surface area contributed by atoms with Crippen molar-refractivity contribution in [3.63, 3.8) is 0 Å². The van der Waals surface area contributed by atoms with Crippen LogP contribution in [0, 0.1) is 5.92 Å². The summed E-state index contributed by atoms with van der Waals surface area (Å²) in [6.07, 6.45) is 2.25. The lowest BCUT2D eigenvalue weighted by atomic mass is 10.1. The third kappa shape index (κ3) is 3.23. The molecule has 0 bridgehead atoms. The fourth-order valence-electron chi connectivity index (χ4n) is 1.83. The second-order valence-corrected chi connectivity index (χ2v) is 4.89. The number of nitrogen functional groups attached to an aromatic ring is 1. The molecule has 1 aromatic carbocycles. The second-order valence-electron chi connectivity index (χ2n) is 4.89. The lowest BCUT2D eigenvalue weighted by molar-refractivity contribution is 0.0985. The van der Waals surface area contributed by atoms with Gasteiger partial charge in [-0.1, -0.05) is 19.9 Å². The molecule has 0 unspecified atom stereocenters. The van der Waals surface area contributed by atoms with Crippen LogP contribution < -0.4 is 5.73 Å². The molecule has 0 saturated carbocycles. The average molecular weight is 248 g/mol. The molecule has 0 radical (unpaired) electrons. The molecule has 0 atom stereocenters. The number of nitrogens with zero attached hydrogens (tertiary/aromatic N) is 1. The van der Waals surface area contributed by atoms with Gasteiger partial charge in [-0.25, -0.2) is 4.98 Å². The van der Waals surface area contributed by atoms with Gasteiger partial charge in [-0.05, 0) is 30.9 Å². The van der Waals surface area contributed by atoms with Gasteiger partial charge in [0.1, 0.15) is 12.1 Å². The maximum atomic E-state index is 5.82. The summed E-state index contributed by atoms with van der Waals surface area (Å²) in [5, 5.41) is 0. The summed E-state index contributed by atoms with van der Waals surface area (Å²) < 4.78 is 11.1. The number of nitrogens with two attached hydrogens (primary N) is 1. The minimum Gasteiger partial charge on any atom is -0.438 e. The summed E-state index contributed by atoms with van der Waals surface area (Å²) in [6, 6.07) is 5.54. The fraction of sp³-hybridized carbons (Fsp3) is 0.500. The van der Waals surface area contributed by atoms with Crippen LogP contribution in [-0.2, 0) is 11.3 Å². The molecule has 18 heavy (non-hydrogen) atoms. The Hall–Kier alpha value is -1.55. The number of hydrogen-bond acceptors (Lipinski definition) is 4. The summed E-state index contributed by atoms with van der Waals surface area (Å²) in [5.74, 6) is 1.31. The Morgan fingerprint density at radius 2 is 2.22 bits per heavy atom. The number of benzene rings is 1. The van der Waals surface area contributed by atoms with Crippen molar-refractivity contribution in [2.75, 3.05) is 12.3 Å². The van der Waals surface area contributed by atoms with Gasteiger partial charge in [0.2, 0.25) is 5.89 Å². The zero-order valence-corrected chi connectivity index (χ0v) is 11.0. The molecule has 0 aliphatic heterocycles. The molecule has 4 nitrogen and oxygen atoms in total. The molecule has 0 amide bonds. The van der Waals surface area contributed by atoms with Crippen LogP contribution in [-0.4, -0.2) is 11.6 Å². The van der Waals surface area contributed by atoms with Gasteiger partial charge >= 0.3 is 0 Å². The Kier molecular flexibility index (Phi) is 4.20. The molecule has 0 saturated heterocycles. The quantitative estimate of drug-likeness (QED) is 0.629. The van der Waals surface area contributed by atoms with Crippen LogP contribution in [0.1, 0.15) is 32.6 Å². The minimum absolute atomic E-state index is 0.409. The van der Waals surface area contributed by atoms with Gasteiger partial charge in [-0.2, -0.15) is 0 Å². The number of ether oxygens (including phenoxy) is 1. The third-order valence-electron chi connectivity index (χ3n) is 2.79. The van der Waals surface area contributed by atoms with Crippen LogP contribution in [0.4, 0.5) is 5.69 Å². The van der Waals surface area contributed by atoms with E-state index >= 15 is 0 Å². The first-order valence-electron chi connectivity index (χ1n) is 6.38. The van der Waals surface area contributed by atoms with E-state index in [0.29, 0.717) is 18.2 Å². The van der Waals surface area contributed by atoms with E-state index in [1.54, 1.807) is 0 Å². The molecule has 2 N–H and O–H groups in total. The van der Waals surface area contributed by atoms with Crippen molar-refractivity contribution in [2.45, 2.75) is 33.3 Å². The van der Waals surface area contributed by atoms with Crippen LogP contribution in [0.2, 0.25) is 0 Å². The smallest absolute Gasteiger partial charge is 0.221 e. The van der Waals surface area contributed by atoms with Crippen molar-refractivity contribution >= 4 is 16.8 Å². The zero-order chi connectivity index (χ0) is 13.0. The molecular formula is C14H20N2O2. The standard InChI is InChI=1S/C14H20N2O2/c1-10(2)5-4-8-17-9-13-16-14-11(15)6-3-7-12(14)18-13/h3,6-7,10H,4-5,8-9,15H2,1-2H3. The predicted octanol–water partition coefficient (Wildman–Crippen LogP) is 3.36. The molecule has 2 aromatic rings. The Morgan fingerprint density at radius 3 is 2.94 bits per heavy atom. The SMILES string of the molecule is CC(C)CCCOCc1nc2c(N)cccc2o1. The highest BCUT2D eigenvalue weighted by Crippen LogP contribution is 2.21. The molecule has 0 aliphatic carbocycles. The Labute approximate surface area is 107 Å². The summed E-state index contributed by atoms with van der Waals surface area (Å²) in [5.41, 5.74) is 7.90. The van der Waals surface area contributed by atoms with E-state index in [-0.39, 0.29) is 0 Å². The van der Waals surface area contributed by atoms with E-state index < -0.39 is 0 Å². The third-order valence-corrected chi connectivity index (χ3v) is 2.79. The van der Waals surface area contributed by atoms with Crippen LogP contribution >= 0.6 is 0 Å². The predicted molar refractivity (Wildman–Crippen MR) is 72.1 cm³/mol. The molecule has 0 spiro atoms. The van der Waals surface area contributed by atoms with Gasteiger partial charge in [0, 0.05) is 6.61 Å². The van der Waals surface area contributed by atoms with E-state index in [1.807, 2.05) is 18.2 Å². The van der Waals surface area contributed by atoms with Gasteiger partial charge in [0.05, 0.1) is 5.69 Å². The van der Waals surface area contributed by atoms with Crippen molar-refractivity contribution in [3.05, 3.63) is 24.1 Å². The van der Waals surface area contributed by atoms with Crippen molar-refractivity contribution in [2.24, 2.45) is 5.92 Å². The average Bonchev–Trinajstić information content (AvgIpc) is 2.72. The van der Waals surface area contributed by atoms with Crippen LogP contribution in [0.25, 0.3) is 11.1 Å². The number of fused-ring (bicyclic) bond motifs is 1. The van der Waals surface area contributed by atoms with Crippen molar-refractivity contribution in [1.29, 1.82) is 0 Å². The summed E-state index contributed by atoms with van der Waals surface area (Å²) in [6.45, 7) is 5.58. The van der Waals surface area contributed by atoms with E-state index in [1.165, 1.54) is 6.42 Å². The van der Waals surface area contributed by atoms with Gasteiger partial charge in [-0.3, -0.25) is 0 Å². The molecule has 0 aliphatic rings. The van der Waals surface area contributed by atoms with Crippen LogP contribution in [0.15, 0.2) is 22.6 Å². The van der Waals surface area contributed by atoms with E-state index in [2.05, 4.69) is 18.8 Å². The van der Waals surface area contributed by atoms with Gasteiger partial charge in [0.15, 0.2) is 5.58 Å². The highest BCUT2D eigenvalue weighted by Gasteiger charge is 2.07. The number of hydrogen-bond donors (Lipinski definition) is 1. The molecule has 2 rings (SSSR count). The Morgan fingerprint density at radius 1 is 1.39 bits per heavy atom. The molecule has 1 heterocycles. The number of oxazole rings is 1. The van der Waals surface area contributed by atoms with Crippen molar-refractivity contribution < 1.29 is 9.15 Å². The molecule has 98 valence electrons. The maximum Gasteiger partial charge on any atom is 0.221 e. The monoisotopic (exact) mass is 248 g/mol. The van der Waals surface area contributed by atoms with E-state index in [4.69, 9.17) is 14.9 Å². The number of para-hydroxylation sites is 1. The summed E-state index contributed by atoms with van der Waals surface area (Å²) >= 11 is 0. The number of anilines is 1. The summed E-state index contributed by atoms with van der Waals surface area (Å²) in [7, 11) is 0. The maximum absolute atomic E-state index is 5.82. The lowest BCUT2D eigenvalue weighted by Crippen LogP contribution is -1.98. The molecule has 4 heteroatoms. The Balaban J connectivity index is 1.87. The molecule has 1 aromatic heterocycles. The van der Waals surface area contributed by atoms with E-state index in [9.17, 15) is 0 Å². The van der Waals surface area contributed by atoms with Crippen molar-refractivity contribution in [3.8, 4) is 0 Å². The van der Waals surface area contributed by atoms with Gasteiger partial charge < -0.3 is 14.9 Å². The van der Waals surface area contributed by atoms with Gasteiger partial charge in [-0.15, -0.1) is 0 Å². The van der Waals surface area contributed by atoms with Crippen LogP contribution in [0.3, 0.4) is 0 Å². The zero-order valence-electron chi connectivity index (χ0n) is 11.0. The highest BCUT2D eigenvalue weighted by atomic mass is 16.5. The normalized spacial score (nSPS) is 11.5. The number of aromatic nitrogens is 1. The van der Waals surface area contributed by atoms with Crippen molar-refractivity contribution in [1.82, 2.24) is 4.98 Å². The highest BCUT2D eigenvalue weighted by molar-refractivity contribution is 5.85. The first kappa shape index (κ1) is 12.9. The first-order valence-corrected chi connectivity index (χ1v) is 6.38.